The lowest BCUT2D eigenvalue weighted by atomic mass is 10.3. The number of nitrogens with one attached hydrogen (secondary N) is 1. The molecule has 2 fully saturated rings. The van der Waals surface area contributed by atoms with Crippen molar-refractivity contribution in [3.63, 3.8) is 0 Å². The number of rotatable bonds is 5. The van der Waals surface area contributed by atoms with E-state index in [9.17, 15) is 4.79 Å². The average Bonchev–Trinajstić information content (AvgIpc) is 3.30. The number of nitrogens with zero attached hydrogens (tertiary/aromatic N) is 5. The maximum absolute atomic E-state index is 12.2. The van der Waals surface area contributed by atoms with Crippen molar-refractivity contribution in [3.05, 3.63) is 11.7 Å². The van der Waals surface area contributed by atoms with Crippen molar-refractivity contribution in [1.29, 1.82) is 0 Å². The Balaban J connectivity index is 0.00000208. The molecular weight excluding hydrogens is 423 g/mol. The van der Waals surface area contributed by atoms with E-state index in [-0.39, 0.29) is 29.9 Å². The maximum Gasteiger partial charge on any atom is 0.242 e. The van der Waals surface area contributed by atoms with Gasteiger partial charge in [-0.3, -0.25) is 9.79 Å². The number of aromatic nitrogens is 2. The van der Waals surface area contributed by atoms with Crippen LogP contribution >= 0.6 is 24.0 Å². The summed E-state index contributed by atoms with van der Waals surface area (Å²) < 4.78 is 5.09. The van der Waals surface area contributed by atoms with E-state index in [0.29, 0.717) is 37.3 Å². The molecule has 1 N–H and O–H groups in total. The van der Waals surface area contributed by atoms with Gasteiger partial charge in [0.25, 0.3) is 0 Å². The van der Waals surface area contributed by atoms with Crippen molar-refractivity contribution in [2.45, 2.75) is 38.6 Å². The SMILES string of the molecule is CCc1nc(CCNC(=NC)N2CCN(C3CC3)C(=O)C2)no1.I. The van der Waals surface area contributed by atoms with Gasteiger partial charge in [-0.1, -0.05) is 12.1 Å². The number of guanidine groups is 1. The molecule has 1 saturated carbocycles. The van der Waals surface area contributed by atoms with Crippen LogP contribution in [0.3, 0.4) is 0 Å². The summed E-state index contributed by atoms with van der Waals surface area (Å²) in [5, 5.41) is 7.21. The van der Waals surface area contributed by atoms with E-state index in [4.69, 9.17) is 4.52 Å². The molecule has 0 atom stereocenters. The normalized spacial score (nSPS) is 18.6. The van der Waals surface area contributed by atoms with E-state index in [2.05, 4.69) is 20.4 Å². The summed E-state index contributed by atoms with van der Waals surface area (Å²) in [6, 6.07) is 0.491. The number of hydrogen-bond donors (Lipinski definition) is 1. The molecule has 1 aromatic heterocycles. The third kappa shape index (κ3) is 4.58. The van der Waals surface area contributed by atoms with Crippen LogP contribution in [0.5, 0.6) is 0 Å². The van der Waals surface area contributed by atoms with Gasteiger partial charge in [-0.05, 0) is 12.8 Å². The molecule has 1 aromatic rings. The minimum absolute atomic E-state index is 0. The standard InChI is InChI=1S/C15H24N6O2.HI/c1-3-13-18-12(19-23-13)6-7-17-15(16-2)20-8-9-21(11-4-5-11)14(22)10-20;/h11H,3-10H2,1-2H3,(H,16,17);1H. The summed E-state index contributed by atoms with van der Waals surface area (Å²) in [6.07, 6.45) is 3.72. The van der Waals surface area contributed by atoms with Gasteiger partial charge in [-0.2, -0.15) is 4.98 Å². The molecule has 134 valence electrons. The molecule has 9 heteroatoms. The van der Waals surface area contributed by atoms with Crippen LogP contribution in [0.1, 0.15) is 31.5 Å². The lowest BCUT2D eigenvalue weighted by Crippen LogP contribution is -2.55. The summed E-state index contributed by atoms with van der Waals surface area (Å²) in [7, 11) is 1.74. The molecule has 3 rings (SSSR count). The number of aliphatic imine (C=N–C) groups is 1. The number of aryl methyl sites for hydroxylation is 1. The highest BCUT2D eigenvalue weighted by molar-refractivity contribution is 14.0. The molecule has 2 heterocycles. The Morgan fingerprint density at radius 1 is 1.42 bits per heavy atom. The zero-order valence-corrected chi connectivity index (χ0v) is 16.5. The average molecular weight is 448 g/mol. The highest BCUT2D eigenvalue weighted by atomic mass is 127. The zero-order valence-electron chi connectivity index (χ0n) is 14.2. The highest BCUT2D eigenvalue weighted by Gasteiger charge is 2.36. The molecule has 1 aliphatic carbocycles. The number of halogens is 1. The Bertz CT molecular complexity index is 586. The number of amides is 1. The second kappa shape index (κ2) is 8.63. The molecule has 0 aromatic carbocycles. The summed E-state index contributed by atoms with van der Waals surface area (Å²) in [4.78, 5) is 24.8. The summed E-state index contributed by atoms with van der Waals surface area (Å²) in [6.45, 7) is 4.65. The fourth-order valence-electron chi connectivity index (χ4n) is 2.79. The molecule has 8 nitrogen and oxygen atoms in total. The molecule has 0 bridgehead atoms. The first kappa shape index (κ1) is 18.9. The van der Waals surface area contributed by atoms with E-state index in [0.717, 1.165) is 38.3 Å². The van der Waals surface area contributed by atoms with Crippen LogP contribution in [0.15, 0.2) is 9.52 Å². The number of hydrogen-bond acceptors (Lipinski definition) is 5. The zero-order chi connectivity index (χ0) is 16.2. The Labute approximate surface area is 159 Å². The van der Waals surface area contributed by atoms with Gasteiger partial charge in [-0.25, -0.2) is 0 Å². The third-order valence-electron chi connectivity index (χ3n) is 4.20. The monoisotopic (exact) mass is 448 g/mol. The number of carbonyl (C=O) groups excluding carboxylic acids is 1. The first-order valence-electron chi connectivity index (χ1n) is 8.27. The van der Waals surface area contributed by atoms with Gasteiger partial charge in [0.15, 0.2) is 11.8 Å². The largest absolute Gasteiger partial charge is 0.356 e. The van der Waals surface area contributed by atoms with Gasteiger partial charge in [0.1, 0.15) is 0 Å². The van der Waals surface area contributed by atoms with Crippen molar-refractivity contribution in [2.24, 2.45) is 4.99 Å². The summed E-state index contributed by atoms with van der Waals surface area (Å²) >= 11 is 0. The Morgan fingerprint density at radius 3 is 2.79 bits per heavy atom. The topological polar surface area (TPSA) is 86.9 Å². The van der Waals surface area contributed by atoms with E-state index in [1.165, 1.54) is 0 Å². The molecule has 1 amide bonds. The smallest absolute Gasteiger partial charge is 0.242 e. The predicted octanol–water partition coefficient (Wildman–Crippen LogP) is 0.674. The molecule has 1 aliphatic heterocycles. The van der Waals surface area contributed by atoms with Gasteiger partial charge < -0.3 is 19.6 Å². The fourth-order valence-corrected chi connectivity index (χ4v) is 2.79. The lowest BCUT2D eigenvalue weighted by molar-refractivity contribution is -0.135. The molecule has 0 spiro atoms. The number of piperazine rings is 1. The minimum Gasteiger partial charge on any atom is -0.356 e. The van der Waals surface area contributed by atoms with Gasteiger partial charge in [0.05, 0.1) is 6.54 Å². The molecule has 24 heavy (non-hydrogen) atoms. The van der Waals surface area contributed by atoms with Crippen molar-refractivity contribution in [1.82, 2.24) is 25.3 Å². The first-order valence-corrected chi connectivity index (χ1v) is 8.27. The minimum atomic E-state index is 0. The highest BCUT2D eigenvalue weighted by Crippen LogP contribution is 2.27. The van der Waals surface area contributed by atoms with E-state index in [1.807, 2.05) is 16.7 Å². The van der Waals surface area contributed by atoms with Crippen LogP contribution in [0.25, 0.3) is 0 Å². The quantitative estimate of drug-likeness (QED) is 0.405. The van der Waals surface area contributed by atoms with Crippen LogP contribution in [0, 0.1) is 0 Å². The van der Waals surface area contributed by atoms with Crippen LogP contribution in [-0.2, 0) is 17.6 Å². The second-order valence-corrected chi connectivity index (χ2v) is 5.92. The van der Waals surface area contributed by atoms with Crippen LogP contribution in [0.4, 0.5) is 0 Å². The molecule has 0 unspecified atom stereocenters. The summed E-state index contributed by atoms with van der Waals surface area (Å²) in [5.41, 5.74) is 0. The maximum atomic E-state index is 12.2. The van der Waals surface area contributed by atoms with Gasteiger partial charge in [0, 0.05) is 45.6 Å². The first-order chi connectivity index (χ1) is 11.2. The fraction of sp³-hybridized carbons (Fsp3) is 0.733. The van der Waals surface area contributed by atoms with E-state index in [1.54, 1.807) is 7.05 Å². The molecule has 0 radical (unpaired) electrons. The van der Waals surface area contributed by atoms with Crippen molar-refractivity contribution >= 4 is 35.8 Å². The van der Waals surface area contributed by atoms with Crippen molar-refractivity contribution < 1.29 is 9.32 Å². The van der Waals surface area contributed by atoms with Gasteiger partial charge in [0.2, 0.25) is 11.8 Å². The Hall–Kier alpha value is -1.39. The van der Waals surface area contributed by atoms with Gasteiger partial charge >= 0.3 is 0 Å². The van der Waals surface area contributed by atoms with Crippen LogP contribution < -0.4 is 5.32 Å². The van der Waals surface area contributed by atoms with Gasteiger partial charge in [-0.15, -0.1) is 24.0 Å². The number of carbonyl (C=O) groups is 1. The molecular formula is C15H25IN6O2. The van der Waals surface area contributed by atoms with Crippen molar-refractivity contribution in [3.8, 4) is 0 Å². The predicted molar refractivity (Wildman–Crippen MR) is 100 cm³/mol. The Morgan fingerprint density at radius 2 is 2.21 bits per heavy atom. The summed E-state index contributed by atoms with van der Waals surface area (Å²) in [5.74, 6) is 2.31. The van der Waals surface area contributed by atoms with E-state index < -0.39 is 0 Å². The molecule has 1 saturated heterocycles. The Kier molecular flexibility index (Phi) is 6.81. The van der Waals surface area contributed by atoms with Crippen molar-refractivity contribution in [2.75, 3.05) is 33.2 Å². The second-order valence-electron chi connectivity index (χ2n) is 5.92. The van der Waals surface area contributed by atoms with Crippen LogP contribution in [-0.4, -0.2) is 71.1 Å². The molecule has 2 aliphatic rings. The van der Waals surface area contributed by atoms with Crippen LogP contribution in [0.2, 0.25) is 0 Å². The van der Waals surface area contributed by atoms with E-state index >= 15 is 0 Å². The third-order valence-corrected chi connectivity index (χ3v) is 4.20. The lowest BCUT2D eigenvalue weighted by Gasteiger charge is -2.36.